The molecule has 1 aliphatic rings. The molecule has 1 saturated carbocycles. The zero-order valence-electron chi connectivity index (χ0n) is 17.9. The van der Waals surface area contributed by atoms with Gasteiger partial charge in [-0.3, -0.25) is 0 Å². The molecule has 3 aromatic carbocycles. The van der Waals surface area contributed by atoms with Crippen molar-refractivity contribution in [2.75, 3.05) is 0 Å². The van der Waals surface area contributed by atoms with Crippen LogP contribution < -0.4 is 4.57 Å². The third kappa shape index (κ3) is 2.14. The molecule has 2 nitrogen and oxygen atoms in total. The molecule has 3 heteroatoms. The van der Waals surface area contributed by atoms with E-state index in [1.807, 2.05) is 13.0 Å². The summed E-state index contributed by atoms with van der Waals surface area (Å²) in [6.07, 6.45) is 7.33. The molecule has 0 unspecified atom stereocenters. The van der Waals surface area contributed by atoms with Crippen molar-refractivity contribution in [2.45, 2.75) is 38.5 Å². The van der Waals surface area contributed by atoms with Crippen molar-refractivity contribution in [2.24, 2.45) is 7.05 Å². The fourth-order valence-corrected chi connectivity index (χ4v) is 6.27. The van der Waals surface area contributed by atoms with E-state index < -0.39 is 0 Å². The number of hydrogen-bond acceptors (Lipinski definition) is 0. The molecule has 6 aromatic rings. The quantitative estimate of drug-likeness (QED) is 0.159. The summed E-state index contributed by atoms with van der Waals surface area (Å²) in [6, 6.07) is 17.0. The van der Waals surface area contributed by atoms with Crippen LogP contribution >= 0.6 is 0 Å². The Bertz CT molecular complexity index is 1670. The van der Waals surface area contributed by atoms with Crippen molar-refractivity contribution in [3.63, 3.8) is 0 Å². The van der Waals surface area contributed by atoms with Gasteiger partial charge in [-0.15, -0.1) is 0 Å². The largest absolute Gasteiger partial charge is 0.307 e. The van der Waals surface area contributed by atoms with Crippen LogP contribution in [0.1, 0.15) is 42.7 Å². The summed E-state index contributed by atoms with van der Waals surface area (Å²) in [5.41, 5.74) is 6.92. The molecule has 152 valence electrons. The number of halogens is 1. The van der Waals surface area contributed by atoms with E-state index in [1.165, 1.54) is 53.1 Å². The van der Waals surface area contributed by atoms with Crippen LogP contribution in [0.15, 0.2) is 54.7 Å². The molecule has 0 bridgehead atoms. The number of hydrogen-bond donors (Lipinski definition) is 0. The number of benzene rings is 3. The minimum absolute atomic E-state index is 0.128. The van der Waals surface area contributed by atoms with Gasteiger partial charge in [-0.2, -0.15) is 0 Å². The van der Waals surface area contributed by atoms with Gasteiger partial charge in [0.1, 0.15) is 12.9 Å². The van der Waals surface area contributed by atoms with Crippen LogP contribution in [0, 0.1) is 12.7 Å². The van der Waals surface area contributed by atoms with Gasteiger partial charge < -0.3 is 4.40 Å². The fraction of sp³-hybridized carbons (Fsp3) is 0.250. The summed E-state index contributed by atoms with van der Waals surface area (Å²) < 4.78 is 20.0. The molecule has 0 N–H and O–H groups in total. The number of aryl methyl sites for hydroxylation is 2. The maximum atomic E-state index is 15.4. The highest BCUT2D eigenvalue weighted by Crippen LogP contribution is 2.43. The Morgan fingerprint density at radius 1 is 0.935 bits per heavy atom. The second-order valence-corrected chi connectivity index (χ2v) is 9.39. The topological polar surface area (TPSA) is 8.29 Å². The van der Waals surface area contributed by atoms with E-state index in [9.17, 15) is 0 Å². The molecule has 0 atom stereocenters. The van der Waals surface area contributed by atoms with Gasteiger partial charge in [0.25, 0.3) is 0 Å². The maximum Gasteiger partial charge on any atom is 0.224 e. The lowest BCUT2D eigenvalue weighted by molar-refractivity contribution is -0.643. The van der Waals surface area contributed by atoms with Gasteiger partial charge in [-0.1, -0.05) is 37.1 Å². The van der Waals surface area contributed by atoms with Crippen LogP contribution in [0.25, 0.3) is 49.0 Å². The summed E-state index contributed by atoms with van der Waals surface area (Å²) >= 11 is 0. The van der Waals surface area contributed by atoms with Crippen LogP contribution in [0.3, 0.4) is 0 Å². The first-order valence-corrected chi connectivity index (χ1v) is 11.3. The Morgan fingerprint density at radius 3 is 2.58 bits per heavy atom. The lowest BCUT2D eigenvalue weighted by Crippen LogP contribution is -2.29. The van der Waals surface area contributed by atoms with Gasteiger partial charge in [0, 0.05) is 16.8 Å². The molecular weight excluding hydrogens is 383 g/mol. The number of rotatable bonds is 1. The first-order valence-electron chi connectivity index (χ1n) is 11.3. The van der Waals surface area contributed by atoms with Gasteiger partial charge in [0.2, 0.25) is 5.52 Å². The molecule has 0 spiro atoms. The minimum atomic E-state index is -0.128. The second-order valence-electron chi connectivity index (χ2n) is 9.39. The smallest absolute Gasteiger partial charge is 0.224 e. The summed E-state index contributed by atoms with van der Waals surface area (Å²) in [4.78, 5) is 0. The third-order valence-corrected chi connectivity index (χ3v) is 7.63. The summed E-state index contributed by atoms with van der Waals surface area (Å²) in [7, 11) is 2.11. The maximum absolute atomic E-state index is 15.4. The van der Waals surface area contributed by atoms with Gasteiger partial charge in [0.15, 0.2) is 6.20 Å². The van der Waals surface area contributed by atoms with Crippen molar-refractivity contribution < 1.29 is 8.96 Å². The van der Waals surface area contributed by atoms with Crippen LogP contribution in [-0.2, 0) is 7.05 Å². The highest BCUT2D eigenvalue weighted by molar-refractivity contribution is 6.25. The third-order valence-electron chi connectivity index (χ3n) is 7.63. The predicted octanol–water partition coefficient (Wildman–Crippen LogP) is 6.92. The summed E-state index contributed by atoms with van der Waals surface area (Å²) in [5.74, 6) is 0.502. The zero-order chi connectivity index (χ0) is 20.9. The van der Waals surface area contributed by atoms with Crippen molar-refractivity contribution in [1.29, 1.82) is 0 Å². The number of nitrogens with zero attached hydrogens (tertiary/aromatic N) is 2. The van der Waals surface area contributed by atoms with Gasteiger partial charge >= 0.3 is 0 Å². The molecule has 7 rings (SSSR count). The number of aromatic nitrogens is 2. The van der Waals surface area contributed by atoms with Crippen molar-refractivity contribution in [3.8, 4) is 0 Å². The Hall–Kier alpha value is -3.20. The van der Waals surface area contributed by atoms with Crippen LogP contribution in [0.2, 0.25) is 0 Å². The highest BCUT2D eigenvalue weighted by atomic mass is 19.1. The van der Waals surface area contributed by atoms with Crippen molar-refractivity contribution in [1.82, 2.24) is 4.40 Å². The molecule has 3 heterocycles. The SMILES string of the molecule is Cc1cc(F)c2c3ccccc3n3c4cc(C5CCCC5)cc5cc[n+](C)c(c1c23)c54. The Labute approximate surface area is 179 Å². The van der Waals surface area contributed by atoms with E-state index in [-0.39, 0.29) is 5.82 Å². The summed E-state index contributed by atoms with van der Waals surface area (Å²) in [6.45, 7) is 2.04. The van der Waals surface area contributed by atoms with Gasteiger partial charge in [0.05, 0.1) is 27.3 Å². The number of fused-ring (bicyclic) bond motifs is 5. The molecule has 1 aliphatic carbocycles. The second kappa shape index (κ2) is 5.94. The first kappa shape index (κ1) is 17.5. The highest BCUT2D eigenvalue weighted by Gasteiger charge is 2.27. The van der Waals surface area contributed by atoms with Gasteiger partial charge in [-0.05, 0) is 60.4 Å². The predicted molar refractivity (Wildman–Crippen MR) is 126 cm³/mol. The van der Waals surface area contributed by atoms with Gasteiger partial charge in [-0.25, -0.2) is 8.96 Å². The number of pyridine rings is 2. The number of para-hydroxylation sites is 1. The lowest BCUT2D eigenvalue weighted by atomic mass is 9.92. The molecule has 3 aromatic heterocycles. The van der Waals surface area contributed by atoms with E-state index in [2.05, 4.69) is 58.6 Å². The van der Waals surface area contributed by atoms with E-state index in [4.69, 9.17) is 0 Å². The molecule has 31 heavy (non-hydrogen) atoms. The van der Waals surface area contributed by atoms with Crippen molar-refractivity contribution in [3.05, 3.63) is 71.7 Å². The first-order chi connectivity index (χ1) is 15.1. The fourth-order valence-electron chi connectivity index (χ4n) is 6.27. The Morgan fingerprint density at radius 2 is 1.74 bits per heavy atom. The standard InChI is InChI=1S/C28H24FN2/c1-16-13-21(29)26-20-9-5-6-10-22(20)31-23-15-19(17-7-3-4-8-17)14-18-11-12-30(2)27(25(18)23)24(16)28(26)31/h5-6,9-15,17H,3-4,7-8H2,1-2H3/q+1. The normalized spacial score (nSPS) is 15.6. The molecular formula is C28H24FN2+. The van der Waals surface area contributed by atoms with E-state index in [0.717, 1.165) is 32.8 Å². The minimum Gasteiger partial charge on any atom is -0.307 e. The Kier molecular flexibility index (Phi) is 3.35. The van der Waals surface area contributed by atoms with E-state index >= 15 is 4.39 Å². The average Bonchev–Trinajstić information content (AvgIpc) is 3.41. The van der Waals surface area contributed by atoms with E-state index in [1.54, 1.807) is 6.07 Å². The molecule has 0 amide bonds. The van der Waals surface area contributed by atoms with Crippen LogP contribution in [0.4, 0.5) is 4.39 Å². The molecule has 0 radical (unpaired) electrons. The zero-order valence-corrected chi connectivity index (χ0v) is 17.9. The van der Waals surface area contributed by atoms with Crippen LogP contribution in [-0.4, -0.2) is 4.40 Å². The Balaban J connectivity index is 1.85. The lowest BCUT2D eigenvalue weighted by Gasteiger charge is -2.16. The van der Waals surface area contributed by atoms with E-state index in [0.29, 0.717) is 5.92 Å². The monoisotopic (exact) mass is 407 g/mol. The van der Waals surface area contributed by atoms with Crippen LogP contribution in [0.5, 0.6) is 0 Å². The molecule has 1 fully saturated rings. The summed E-state index contributed by atoms with van der Waals surface area (Å²) in [5, 5.41) is 5.45. The average molecular weight is 408 g/mol. The molecule has 0 aliphatic heterocycles. The molecule has 0 saturated heterocycles. The van der Waals surface area contributed by atoms with Crippen molar-refractivity contribution >= 4 is 49.0 Å².